The predicted octanol–water partition coefficient (Wildman–Crippen LogP) is 4.77. The summed E-state index contributed by atoms with van der Waals surface area (Å²) in [6.45, 7) is 2.51. The van der Waals surface area contributed by atoms with E-state index in [-0.39, 0.29) is 40.7 Å². The number of alkyl halides is 3. The fourth-order valence-corrected chi connectivity index (χ4v) is 4.56. The highest BCUT2D eigenvalue weighted by Crippen LogP contribution is 2.40. The first-order valence-electron chi connectivity index (χ1n) is 11.9. The third-order valence-corrected chi connectivity index (χ3v) is 6.36. The lowest BCUT2D eigenvalue weighted by Crippen LogP contribution is -2.24. The number of hydrogen-bond donors (Lipinski definition) is 2. The molecule has 1 amide bonds. The molecule has 1 fully saturated rings. The van der Waals surface area contributed by atoms with E-state index in [4.69, 9.17) is 14.9 Å². The summed E-state index contributed by atoms with van der Waals surface area (Å²) >= 11 is 0. The molecule has 0 spiro atoms. The van der Waals surface area contributed by atoms with Crippen LogP contribution < -0.4 is 5.73 Å². The van der Waals surface area contributed by atoms with Gasteiger partial charge in [0.05, 0.1) is 29.5 Å². The minimum atomic E-state index is -4.82. The first-order chi connectivity index (χ1) is 18.2. The second kappa shape index (κ2) is 10.0. The van der Waals surface area contributed by atoms with Crippen LogP contribution in [0.3, 0.4) is 0 Å². The third kappa shape index (κ3) is 4.90. The number of ether oxygens (including phenoxy) is 1. The van der Waals surface area contributed by atoms with Crippen LogP contribution in [0.2, 0.25) is 0 Å². The average molecular weight is 533 g/mol. The van der Waals surface area contributed by atoms with Crippen LogP contribution in [0.4, 0.5) is 17.6 Å². The molecule has 0 unspecified atom stereocenters. The predicted molar refractivity (Wildman–Crippen MR) is 125 cm³/mol. The summed E-state index contributed by atoms with van der Waals surface area (Å²) in [5.74, 6) is -2.17. The van der Waals surface area contributed by atoms with Gasteiger partial charge in [0, 0.05) is 19.0 Å². The lowest BCUT2D eigenvalue weighted by molar-refractivity contribution is -0.141. The number of primary amides is 1. The van der Waals surface area contributed by atoms with Gasteiger partial charge in [-0.25, -0.2) is 14.4 Å². The molecule has 14 heteroatoms. The number of aromatic amines is 1. The van der Waals surface area contributed by atoms with Crippen LogP contribution in [-0.2, 0) is 10.9 Å². The second-order valence-electron chi connectivity index (χ2n) is 8.83. The molecular weight excluding hydrogens is 510 g/mol. The maximum Gasteiger partial charge on any atom is 0.433 e. The SMILES string of the molecule is CCOC1CCC(n2cc(-c3oc(-c4cn[nH]c4)nc3C(N)=O)c(-c3nc(C(F)(F)F)ccc3F)n2)CC1. The van der Waals surface area contributed by atoms with E-state index in [1.165, 1.54) is 18.6 Å². The number of hydrogen-bond acceptors (Lipinski definition) is 7. The van der Waals surface area contributed by atoms with Crippen LogP contribution in [0.15, 0.2) is 35.1 Å². The Morgan fingerprint density at radius 2 is 1.97 bits per heavy atom. The Balaban J connectivity index is 1.66. The number of carbonyl (C=O) groups is 1. The molecule has 38 heavy (non-hydrogen) atoms. The highest BCUT2D eigenvalue weighted by molar-refractivity contribution is 5.98. The highest BCUT2D eigenvalue weighted by atomic mass is 19.4. The average Bonchev–Trinajstić information content (AvgIpc) is 3.63. The van der Waals surface area contributed by atoms with Crippen molar-refractivity contribution in [1.82, 2.24) is 29.9 Å². The maximum absolute atomic E-state index is 15.0. The van der Waals surface area contributed by atoms with Gasteiger partial charge in [-0.2, -0.15) is 23.4 Å². The van der Waals surface area contributed by atoms with Gasteiger partial charge in [0.1, 0.15) is 17.1 Å². The Hall–Kier alpha value is -4.07. The minimum Gasteiger partial charge on any atom is -0.435 e. The summed E-state index contributed by atoms with van der Waals surface area (Å²) in [5, 5.41) is 10.9. The van der Waals surface area contributed by atoms with Crippen molar-refractivity contribution < 1.29 is 31.5 Å². The van der Waals surface area contributed by atoms with E-state index in [0.717, 1.165) is 12.8 Å². The van der Waals surface area contributed by atoms with Crippen molar-refractivity contribution in [3.8, 4) is 34.2 Å². The van der Waals surface area contributed by atoms with Crippen LogP contribution in [-0.4, -0.2) is 48.6 Å². The fourth-order valence-electron chi connectivity index (χ4n) is 4.56. The van der Waals surface area contributed by atoms with E-state index in [0.29, 0.717) is 37.1 Å². The molecule has 4 heterocycles. The van der Waals surface area contributed by atoms with Gasteiger partial charge < -0.3 is 14.9 Å². The minimum absolute atomic E-state index is 0.0176. The Labute approximate surface area is 213 Å². The third-order valence-electron chi connectivity index (χ3n) is 6.36. The number of amides is 1. The van der Waals surface area contributed by atoms with E-state index < -0.39 is 29.3 Å². The summed E-state index contributed by atoms with van der Waals surface area (Å²) in [7, 11) is 0. The number of nitrogens with two attached hydrogens (primary N) is 1. The molecule has 0 aromatic carbocycles. The van der Waals surface area contributed by atoms with Crippen molar-refractivity contribution in [2.45, 2.75) is 50.9 Å². The van der Waals surface area contributed by atoms with Crippen molar-refractivity contribution in [3.05, 3.63) is 47.9 Å². The normalized spacial score (nSPS) is 18.1. The van der Waals surface area contributed by atoms with Crippen LogP contribution in [0.25, 0.3) is 34.2 Å². The smallest absolute Gasteiger partial charge is 0.433 e. The second-order valence-corrected chi connectivity index (χ2v) is 8.83. The zero-order valence-electron chi connectivity index (χ0n) is 20.1. The van der Waals surface area contributed by atoms with Crippen LogP contribution in [0, 0.1) is 5.82 Å². The topological polar surface area (TPSA) is 138 Å². The van der Waals surface area contributed by atoms with Crippen LogP contribution in [0.1, 0.15) is 54.8 Å². The molecule has 10 nitrogen and oxygen atoms in total. The number of rotatable bonds is 7. The number of pyridine rings is 1. The molecule has 1 saturated carbocycles. The molecule has 5 rings (SSSR count). The molecule has 0 radical (unpaired) electrons. The van der Waals surface area contributed by atoms with Crippen molar-refractivity contribution in [1.29, 1.82) is 0 Å². The Kier molecular flexibility index (Phi) is 6.73. The molecule has 0 saturated heterocycles. The quantitative estimate of drug-likeness (QED) is 0.327. The standard InChI is InChI=1S/C24H23F4N7O3/c1-2-37-14-5-3-13(4-6-14)35-11-15(18(34-35)19-16(25)7-8-17(32-19)24(26,27)28)21-20(22(29)36)33-23(38-21)12-9-30-31-10-12/h7-11,13-14H,2-6H2,1H3,(H2,29,36)(H,30,31). The molecule has 1 aliphatic rings. The molecule has 4 aromatic heterocycles. The fraction of sp³-hybridized carbons (Fsp3) is 0.375. The summed E-state index contributed by atoms with van der Waals surface area (Å²) in [4.78, 5) is 20.0. The monoisotopic (exact) mass is 533 g/mol. The summed E-state index contributed by atoms with van der Waals surface area (Å²) in [6.07, 6.45) is 2.48. The molecule has 4 aromatic rings. The van der Waals surface area contributed by atoms with Crippen LogP contribution in [0.5, 0.6) is 0 Å². The van der Waals surface area contributed by atoms with Crippen molar-refractivity contribution >= 4 is 5.91 Å². The molecule has 0 aliphatic heterocycles. The molecule has 200 valence electrons. The molecular formula is C24H23F4N7O3. The van der Waals surface area contributed by atoms with E-state index >= 15 is 0 Å². The van der Waals surface area contributed by atoms with E-state index in [2.05, 4.69) is 25.3 Å². The first-order valence-corrected chi connectivity index (χ1v) is 11.9. The van der Waals surface area contributed by atoms with Crippen LogP contribution >= 0.6 is 0 Å². The van der Waals surface area contributed by atoms with Gasteiger partial charge in [-0.15, -0.1) is 0 Å². The zero-order valence-corrected chi connectivity index (χ0v) is 20.1. The summed E-state index contributed by atoms with van der Waals surface area (Å²) in [6, 6.07) is 1.07. The zero-order chi connectivity index (χ0) is 27.0. The number of nitrogens with zero attached hydrogens (tertiary/aromatic N) is 5. The van der Waals surface area contributed by atoms with E-state index in [1.54, 1.807) is 4.68 Å². The number of H-pyrrole nitrogens is 1. The van der Waals surface area contributed by atoms with Crippen molar-refractivity contribution in [2.24, 2.45) is 5.73 Å². The number of halogens is 4. The van der Waals surface area contributed by atoms with Gasteiger partial charge in [-0.05, 0) is 44.7 Å². The lowest BCUT2D eigenvalue weighted by Gasteiger charge is -2.28. The lowest BCUT2D eigenvalue weighted by atomic mass is 9.93. The Morgan fingerprint density at radius 3 is 2.61 bits per heavy atom. The largest absolute Gasteiger partial charge is 0.435 e. The number of oxazole rings is 1. The van der Waals surface area contributed by atoms with Gasteiger partial charge >= 0.3 is 6.18 Å². The van der Waals surface area contributed by atoms with Crippen molar-refractivity contribution in [2.75, 3.05) is 6.61 Å². The maximum atomic E-state index is 15.0. The molecule has 3 N–H and O–H groups in total. The number of carbonyl (C=O) groups excluding carboxylic acids is 1. The van der Waals surface area contributed by atoms with Gasteiger partial charge in [-0.1, -0.05) is 0 Å². The van der Waals surface area contributed by atoms with Gasteiger partial charge in [-0.3, -0.25) is 14.6 Å². The van der Waals surface area contributed by atoms with Gasteiger partial charge in [0.25, 0.3) is 5.91 Å². The number of nitrogens with one attached hydrogen (secondary N) is 1. The van der Waals surface area contributed by atoms with Gasteiger partial charge in [0.15, 0.2) is 17.3 Å². The van der Waals surface area contributed by atoms with E-state index in [1.807, 2.05) is 6.92 Å². The first kappa shape index (κ1) is 25.6. The molecule has 0 atom stereocenters. The summed E-state index contributed by atoms with van der Waals surface area (Å²) in [5.41, 5.74) is 3.49. The highest BCUT2D eigenvalue weighted by Gasteiger charge is 2.35. The Morgan fingerprint density at radius 1 is 1.21 bits per heavy atom. The number of aromatic nitrogens is 6. The molecule has 1 aliphatic carbocycles. The van der Waals surface area contributed by atoms with Gasteiger partial charge in [0.2, 0.25) is 5.89 Å². The Bertz CT molecular complexity index is 1440. The van der Waals surface area contributed by atoms with Crippen molar-refractivity contribution in [3.63, 3.8) is 0 Å². The summed E-state index contributed by atoms with van der Waals surface area (Å²) < 4.78 is 68.4. The van der Waals surface area contributed by atoms with E-state index in [9.17, 15) is 22.4 Å². The molecule has 0 bridgehead atoms.